The Morgan fingerprint density at radius 3 is 2.71 bits per heavy atom. The minimum absolute atomic E-state index is 0.00730. The molecule has 1 aliphatic rings. The number of piperidine rings is 1. The van der Waals surface area contributed by atoms with Gasteiger partial charge in [-0.25, -0.2) is 0 Å². The van der Waals surface area contributed by atoms with E-state index in [-0.39, 0.29) is 24.3 Å². The molecule has 1 aromatic carbocycles. The largest absolute Gasteiger partial charge is 0.484 e. The first-order valence-electron chi connectivity index (χ1n) is 8.39. The first kappa shape index (κ1) is 18.3. The number of rotatable bonds is 6. The summed E-state index contributed by atoms with van der Waals surface area (Å²) < 4.78 is 5.51. The van der Waals surface area contributed by atoms with Crippen LogP contribution in [0.2, 0.25) is 0 Å². The van der Waals surface area contributed by atoms with Gasteiger partial charge in [-0.2, -0.15) is 0 Å². The molecule has 6 heteroatoms. The van der Waals surface area contributed by atoms with Gasteiger partial charge in [-0.3, -0.25) is 9.59 Å². The molecule has 0 aliphatic carbocycles. The molecule has 3 N–H and O–H groups in total. The Hall–Kier alpha value is -2.08. The summed E-state index contributed by atoms with van der Waals surface area (Å²) in [5, 5.41) is 2.96. The maximum atomic E-state index is 12.4. The third-order valence-electron chi connectivity index (χ3n) is 4.22. The van der Waals surface area contributed by atoms with Gasteiger partial charge < -0.3 is 20.7 Å². The minimum Gasteiger partial charge on any atom is -0.484 e. The number of hydrogen-bond acceptors (Lipinski definition) is 4. The number of hydrogen-bond donors (Lipinski definition) is 2. The number of likely N-dealkylation sites (tertiary alicyclic amines) is 1. The van der Waals surface area contributed by atoms with Gasteiger partial charge in [-0.05, 0) is 38.8 Å². The molecule has 2 amide bonds. The molecule has 2 rings (SSSR count). The van der Waals surface area contributed by atoms with Crippen LogP contribution in [0.5, 0.6) is 5.75 Å². The molecular formula is C18H27N3O3. The number of amides is 2. The monoisotopic (exact) mass is 333 g/mol. The highest BCUT2D eigenvalue weighted by Gasteiger charge is 2.30. The highest BCUT2D eigenvalue weighted by molar-refractivity contribution is 5.82. The average molecular weight is 333 g/mol. The number of benzene rings is 1. The second-order valence-corrected chi connectivity index (χ2v) is 6.86. The van der Waals surface area contributed by atoms with Crippen molar-refractivity contribution < 1.29 is 14.3 Å². The molecule has 1 fully saturated rings. The first-order valence-corrected chi connectivity index (χ1v) is 8.39. The van der Waals surface area contributed by atoms with Crippen LogP contribution in [0.3, 0.4) is 0 Å². The van der Waals surface area contributed by atoms with Gasteiger partial charge in [0, 0.05) is 25.2 Å². The number of nitrogens with two attached hydrogens (primary N) is 1. The van der Waals surface area contributed by atoms with Crippen LogP contribution in [-0.2, 0) is 9.59 Å². The van der Waals surface area contributed by atoms with Gasteiger partial charge in [0.2, 0.25) is 5.91 Å². The fourth-order valence-corrected chi connectivity index (χ4v) is 2.66. The molecular weight excluding hydrogens is 306 g/mol. The Morgan fingerprint density at radius 1 is 1.33 bits per heavy atom. The third kappa shape index (κ3) is 5.23. The topological polar surface area (TPSA) is 84.7 Å². The van der Waals surface area contributed by atoms with Crippen molar-refractivity contribution in [3.63, 3.8) is 0 Å². The van der Waals surface area contributed by atoms with E-state index in [1.165, 1.54) is 0 Å². The zero-order valence-corrected chi connectivity index (χ0v) is 14.5. The van der Waals surface area contributed by atoms with Crippen LogP contribution in [0, 0.1) is 5.92 Å². The van der Waals surface area contributed by atoms with Crippen molar-refractivity contribution in [3.05, 3.63) is 30.3 Å². The lowest BCUT2D eigenvalue weighted by Gasteiger charge is -2.34. The van der Waals surface area contributed by atoms with Gasteiger partial charge in [0.15, 0.2) is 6.61 Å². The van der Waals surface area contributed by atoms with Crippen molar-refractivity contribution in [2.75, 3.05) is 26.2 Å². The van der Waals surface area contributed by atoms with E-state index < -0.39 is 5.54 Å². The average Bonchev–Trinajstić information content (AvgIpc) is 2.60. The van der Waals surface area contributed by atoms with E-state index in [0.29, 0.717) is 25.4 Å². The van der Waals surface area contributed by atoms with Gasteiger partial charge in [-0.15, -0.1) is 0 Å². The summed E-state index contributed by atoms with van der Waals surface area (Å²) in [7, 11) is 0. The predicted molar refractivity (Wildman–Crippen MR) is 92.5 cm³/mol. The van der Waals surface area contributed by atoms with Crippen molar-refractivity contribution in [1.82, 2.24) is 10.2 Å². The van der Waals surface area contributed by atoms with E-state index in [1.807, 2.05) is 44.2 Å². The first-order chi connectivity index (χ1) is 11.4. The maximum Gasteiger partial charge on any atom is 0.260 e. The summed E-state index contributed by atoms with van der Waals surface area (Å²) in [6.07, 6.45) is 1.61. The molecule has 0 spiro atoms. The summed E-state index contributed by atoms with van der Waals surface area (Å²) >= 11 is 0. The smallest absolute Gasteiger partial charge is 0.260 e. The molecule has 0 saturated carbocycles. The molecule has 0 bridgehead atoms. The standard InChI is InChI=1S/C18H27N3O3/c1-18(2,13-19)20-17(23)14-7-6-10-21(11-14)16(22)12-24-15-8-4-3-5-9-15/h3-5,8-9,14H,6-7,10-13,19H2,1-2H3,(H,20,23). The summed E-state index contributed by atoms with van der Waals surface area (Å²) in [6, 6.07) is 9.25. The Bertz CT molecular complexity index is 560. The number of nitrogens with zero attached hydrogens (tertiary/aromatic N) is 1. The van der Waals surface area contributed by atoms with Crippen LogP contribution < -0.4 is 15.8 Å². The van der Waals surface area contributed by atoms with Crippen LogP contribution in [0.15, 0.2) is 30.3 Å². The number of para-hydroxylation sites is 1. The number of carbonyl (C=O) groups is 2. The zero-order valence-electron chi connectivity index (χ0n) is 14.5. The molecule has 6 nitrogen and oxygen atoms in total. The van der Waals surface area contributed by atoms with Gasteiger partial charge >= 0.3 is 0 Å². The Labute approximate surface area is 143 Å². The SMILES string of the molecule is CC(C)(CN)NC(=O)C1CCCN(C(=O)COc2ccccc2)C1. The molecule has 132 valence electrons. The quantitative estimate of drug-likeness (QED) is 0.818. The van der Waals surface area contributed by atoms with Crippen molar-refractivity contribution >= 4 is 11.8 Å². The van der Waals surface area contributed by atoms with E-state index in [1.54, 1.807) is 4.90 Å². The van der Waals surface area contributed by atoms with Crippen LogP contribution in [0.1, 0.15) is 26.7 Å². The predicted octanol–water partition coefficient (Wildman–Crippen LogP) is 1.16. The van der Waals surface area contributed by atoms with Crippen LogP contribution in [-0.4, -0.2) is 48.5 Å². The Morgan fingerprint density at radius 2 is 2.04 bits per heavy atom. The summed E-state index contributed by atoms with van der Waals surface area (Å²) in [5.74, 6) is 0.355. The van der Waals surface area contributed by atoms with Crippen LogP contribution >= 0.6 is 0 Å². The molecule has 1 saturated heterocycles. The highest BCUT2D eigenvalue weighted by Crippen LogP contribution is 2.18. The van der Waals surface area contributed by atoms with Crippen molar-refractivity contribution in [2.45, 2.75) is 32.2 Å². The van der Waals surface area contributed by atoms with E-state index in [4.69, 9.17) is 10.5 Å². The zero-order chi connectivity index (χ0) is 17.6. The molecule has 0 aromatic heterocycles. The van der Waals surface area contributed by atoms with Crippen molar-refractivity contribution in [1.29, 1.82) is 0 Å². The van der Waals surface area contributed by atoms with Gasteiger partial charge in [0.25, 0.3) is 5.91 Å². The Kier molecular flexibility index (Phi) is 6.20. The van der Waals surface area contributed by atoms with E-state index in [9.17, 15) is 9.59 Å². The highest BCUT2D eigenvalue weighted by atomic mass is 16.5. The van der Waals surface area contributed by atoms with Gasteiger partial charge in [0.1, 0.15) is 5.75 Å². The fraction of sp³-hybridized carbons (Fsp3) is 0.556. The number of carbonyl (C=O) groups excluding carboxylic acids is 2. The summed E-state index contributed by atoms with van der Waals surface area (Å²) in [6.45, 7) is 5.25. The second-order valence-electron chi connectivity index (χ2n) is 6.86. The second kappa shape index (κ2) is 8.15. The lowest BCUT2D eigenvalue weighted by Crippen LogP contribution is -2.54. The van der Waals surface area contributed by atoms with E-state index in [2.05, 4.69) is 5.32 Å². The molecule has 1 atom stereocenters. The molecule has 1 unspecified atom stereocenters. The van der Waals surface area contributed by atoms with Crippen molar-refractivity contribution in [3.8, 4) is 5.75 Å². The normalized spacial score (nSPS) is 18.1. The molecule has 1 aromatic rings. The number of nitrogens with one attached hydrogen (secondary N) is 1. The summed E-state index contributed by atoms with van der Waals surface area (Å²) in [5.41, 5.74) is 5.23. The number of ether oxygens (including phenoxy) is 1. The van der Waals surface area contributed by atoms with Crippen LogP contribution in [0.25, 0.3) is 0 Å². The maximum absolute atomic E-state index is 12.4. The molecule has 24 heavy (non-hydrogen) atoms. The van der Waals surface area contributed by atoms with Gasteiger partial charge in [0.05, 0.1) is 5.92 Å². The fourth-order valence-electron chi connectivity index (χ4n) is 2.66. The van der Waals surface area contributed by atoms with Crippen LogP contribution in [0.4, 0.5) is 0 Å². The molecule has 0 radical (unpaired) electrons. The lowest BCUT2D eigenvalue weighted by molar-refractivity contribution is -0.137. The minimum atomic E-state index is -0.431. The molecule has 1 heterocycles. The van der Waals surface area contributed by atoms with Gasteiger partial charge in [-0.1, -0.05) is 18.2 Å². The molecule has 1 aliphatic heterocycles. The van der Waals surface area contributed by atoms with E-state index in [0.717, 1.165) is 12.8 Å². The summed E-state index contributed by atoms with van der Waals surface area (Å²) in [4.78, 5) is 26.4. The van der Waals surface area contributed by atoms with Crippen molar-refractivity contribution in [2.24, 2.45) is 11.7 Å². The lowest BCUT2D eigenvalue weighted by atomic mass is 9.95. The third-order valence-corrected chi connectivity index (χ3v) is 4.22. The Balaban J connectivity index is 1.85. The van der Waals surface area contributed by atoms with E-state index >= 15 is 0 Å².